The summed E-state index contributed by atoms with van der Waals surface area (Å²) in [7, 11) is -3.97. The molecule has 11 heteroatoms. The molecular weight excluding hydrogens is 467 g/mol. The molecule has 1 heterocycles. The van der Waals surface area contributed by atoms with Gasteiger partial charge in [0.1, 0.15) is 4.90 Å². The number of halogens is 2. The third-order valence-corrected chi connectivity index (χ3v) is 6.56. The van der Waals surface area contributed by atoms with Crippen LogP contribution in [0.15, 0.2) is 47.4 Å². The number of carbonyl (C=O) groups is 2. The second-order valence-electron chi connectivity index (χ2n) is 6.77. The first-order valence-corrected chi connectivity index (χ1v) is 11.6. The van der Waals surface area contributed by atoms with Crippen LogP contribution in [0.3, 0.4) is 0 Å². The van der Waals surface area contributed by atoms with Crippen molar-refractivity contribution in [2.24, 2.45) is 0 Å². The lowest BCUT2D eigenvalue weighted by Gasteiger charge is -2.13. The zero-order valence-electron chi connectivity index (χ0n) is 16.3. The highest BCUT2D eigenvalue weighted by Gasteiger charge is 2.24. The van der Waals surface area contributed by atoms with E-state index in [9.17, 15) is 18.0 Å². The van der Waals surface area contributed by atoms with E-state index < -0.39 is 28.5 Å². The Morgan fingerprint density at radius 2 is 1.97 bits per heavy atom. The summed E-state index contributed by atoms with van der Waals surface area (Å²) in [6.07, 6.45) is 1.44. The molecule has 0 spiro atoms. The van der Waals surface area contributed by atoms with Crippen molar-refractivity contribution in [3.05, 3.63) is 58.1 Å². The Morgan fingerprint density at radius 3 is 2.68 bits per heavy atom. The number of sulfonamides is 1. The van der Waals surface area contributed by atoms with Gasteiger partial charge in [0.05, 0.1) is 16.7 Å². The summed E-state index contributed by atoms with van der Waals surface area (Å²) >= 11 is 11.9. The second kappa shape index (κ2) is 10.4. The Kier molecular flexibility index (Phi) is 7.90. The van der Waals surface area contributed by atoms with Crippen molar-refractivity contribution in [3.63, 3.8) is 0 Å². The lowest BCUT2D eigenvalue weighted by molar-refractivity contribution is -0.119. The van der Waals surface area contributed by atoms with Crippen LogP contribution in [0.1, 0.15) is 23.2 Å². The van der Waals surface area contributed by atoms with Crippen LogP contribution in [0, 0.1) is 0 Å². The van der Waals surface area contributed by atoms with Gasteiger partial charge >= 0.3 is 5.97 Å². The molecule has 1 aliphatic heterocycles. The number of esters is 1. The van der Waals surface area contributed by atoms with Crippen LogP contribution in [-0.2, 0) is 24.3 Å². The van der Waals surface area contributed by atoms with E-state index in [1.54, 1.807) is 24.3 Å². The Morgan fingerprint density at radius 1 is 1.16 bits per heavy atom. The van der Waals surface area contributed by atoms with Crippen molar-refractivity contribution in [2.45, 2.75) is 23.8 Å². The van der Waals surface area contributed by atoms with Crippen LogP contribution in [0.5, 0.6) is 0 Å². The maximum Gasteiger partial charge on any atom is 0.338 e. The van der Waals surface area contributed by atoms with E-state index in [2.05, 4.69) is 10.0 Å². The number of anilines is 1. The molecule has 0 bridgehead atoms. The average molecular weight is 487 g/mol. The Labute approximate surface area is 189 Å². The highest BCUT2D eigenvalue weighted by molar-refractivity contribution is 7.89. The molecule has 1 unspecified atom stereocenters. The van der Waals surface area contributed by atoms with Crippen molar-refractivity contribution in [1.29, 1.82) is 0 Å². The molecule has 0 radical (unpaired) electrons. The zero-order chi connectivity index (χ0) is 22.4. The van der Waals surface area contributed by atoms with E-state index in [-0.39, 0.29) is 28.1 Å². The predicted molar refractivity (Wildman–Crippen MR) is 116 cm³/mol. The van der Waals surface area contributed by atoms with Crippen molar-refractivity contribution in [3.8, 4) is 0 Å². The van der Waals surface area contributed by atoms with Gasteiger partial charge < -0.3 is 14.8 Å². The number of amides is 1. The summed E-state index contributed by atoms with van der Waals surface area (Å²) in [6, 6.07) is 10.2. The molecule has 1 aliphatic rings. The monoisotopic (exact) mass is 486 g/mol. The van der Waals surface area contributed by atoms with E-state index in [1.165, 1.54) is 12.1 Å². The van der Waals surface area contributed by atoms with Gasteiger partial charge in [-0.25, -0.2) is 17.9 Å². The van der Waals surface area contributed by atoms with Crippen molar-refractivity contribution in [2.75, 3.05) is 25.1 Å². The highest BCUT2D eigenvalue weighted by atomic mass is 35.5. The van der Waals surface area contributed by atoms with Gasteiger partial charge in [-0.15, -0.1) is 0 Å². The van der Waals surface area contributed by atoms with Gasteiger partial charge in [-0.1, -0.05) is 29.3 Å². The first kappa shape index (κ1) is 23.5. The Hall–Kier alpha value is -2.17. The first-order chi connectivity index (χ1) is 14.7. The molecule has 166 valence electrons. The Bertz CT molecular complexity index is 1070. The Balaban J connectivity index is 1.61. The molecule has 31 heavy (non-hydrogen) atoms. The fourth-order valence-electron chi connectivity index (χ4n) is 2.90. The van der Waals surface area contributed by atoms with E-state index in [0.717, 1.165) is 18.9 Å². The van der Waals surface area contributed by atoms with E-state index >= 15 is 0 Å². The molecule has 2 aromatic rings. The number of hydrogen-bond donors (Lipinski definition) is 2. The van der Waals surface area contributed by atoms with Gasteiger partial charge in [0.15, 0.2) is 6.61 Å². The SMILES string of the molecule is O=C(COC(=O)c1ccc(Cl)c(S(=O)(=O)NCC2CCCO2)c1)Nc1cccc(Cl)c1. The maximum atomic E-state index is 12.6. The molecule has 1 amide bonds. The molecule has 0 saturated carbocycles. The minimum Gasteiger partial charge on any atom is -0.452 e. The number of hydrogen-bond acceptors (Lipinski definition) is 6. The summed E-state index contributed by atoms with van der Waals surface area (Å²) in [5.41, 5.74) is 0.392. The summed E-state index contributed by atoms with van der Waals surface area (Å²) in [6.45, 7) is 0.143. The van der Waals surface area contributed by atoms with Gasteiger partial charge in [-0.3, -0.25) is 4.79 Å². The fourth-order valence-corrected chi connectivity index (χ4v) is 4.68. The standard InChI is InChI=1S/C20H20Cl2N2O6S/c21-14-3-1-4-15(10-14)24-19(25)12-30-20(26)13-6-7-17(22)18(9-13)31(27,28)23-11-16-5-2-8-29-16/h1,3-4,6-7,9-10,16,23H,2,5,8,11-12H2,(H,24,25). The van der Waals surface area contributed by atoms with Gasteiger partial charge in [0.25, 0.3) is 5.91 Å². The van der Waals surface area contributed by atoms with Crippen molar-refractivity contribution >= 4 is 50.8 Å². The van der Waals surface area contributed by atoms with Gasteiger partial charge in [-0.05, 0) is 49.2 Å². The van der Waals surface area contributed by atoms with Crippen LogP contribution >= 0.6 is 23.2 Å². The number of benzene rings is 2. The molecule has 0 aromatic heterocycles. The molecule has 1 fully saturated rings. The molecule has 8 nitrogen and oxygen atoms in total. The minimum absolute atomic E-state index is 0.0462. The van der Waals surface area contributed by atoms with Gasteiger partial charge in [0.2, 0.25) is 10.0 Å². The van der Waals surface area contributed by atoms with E-state index in [4.69, 9.17) is 32.7 Å². The summed E-state index contributed by atoms with van der Waals surface area (Å²) in [5, 5.41) is 2.93. The van der Waals surface area contributed by atoms with Crippen molar-refractivity contribution in [1.82, 2.24) is 4.72 Å². The topological polar surface area (TPSA) is 111 Å². The molecule has 3 rings (SSSR count). The molecule has 2 aromatic carbocycles. The molecular formula is C20H20Cl2N2O6S. The van der Waals surface area contributed by atoms with Crippen LogP contribution in [0.25, 0.3) is 0 Å². The quantitative estimate of drug-likeness (QED) is 0.554. The maximum absolute atomic E-state index is 12.6. The molecule has 2 N–H and O–H groups in total. The van der Waals surface area contributed by atoms with E-state index in [0.29, 0.717) is 17.3 Å². The zero-order valence-corrected chi connectivity index (χ0v) is 18.6. The normalized spacial score (nSPS) is 16.1. The summed E-state index contributed by atoms with van der Waals surface area (Å²) in [5.74, 6) is -1.44. The highest BCUT2D eigenvalue weighted by Crippen LogP contribution is 2.23. The fraction of sp³-hybridized carbons (Fsp3) is 0.300. The third kappa shape index (κ3) is 6.65. The molecule has 1 saturated heterocycles. The minimum atomic E-state index is -3.97. The summed E-state index contributed by atoms with van der Waals surface area (Å²) < 4.78 is 38.0. The smallest absolute Gasteiger partial charge is 0.338 e. The van der Waals surface area contributed by atoms with Crippen LogP contribution < -0.4 is 10.0 Å². The number of carbonyl (C=O) groups excluding carboxylic acids is 2. The van der Waals surface area contributed by atoms with E-state index in [1.807, 2.05) is 0 Å². The lowest BCUT2D eigenvalue weighted by atomic mass is 10.2. The number of nitrogens with one attached hydrogen (secondary N) is 2. The van der Waals surface area contributed by atoms with Crippen molar-refractivity contribution < 1.29 is 27.5 Å². The first-order valence-electron chi connectivity index (χ1n) is 9.38. The lowest BCUT2D eigenvalue weighted by Crippen LogP contribution is -2.32. The van der Waals surface area contributed by atoms with Crippen LogP contribution in [0.4, 0.5) is 5.69 Å². The number of rotatable bonds is 8. The number of ether oxygens (including phenoxy) is 2. The predicted octanol–water partition coefficient (Wildman–Crippen LogP) is 3.25. The average Bonchev–Trinajstić information content (AvgIpc) is 3.24. The van der Waals surface area contributed by atoms with Crippen LogP contribution in [0.2, 0.25) is 10.0 Å². The van der Waals surface area contributed by atoms with Gasteiger partial charge in [-0.2, -0.15) is 0 Å². The second-order valence-corrected chi connectivity index (χ2v) is 9.35. The third-order valence-electron chi connectivity index (χ3n) is 4.42. The largest absolute Gasteiger partial charge is 0.452 e. The van der Waals surface area contributed by atoms with Gasteiger partial charge in [0, 0.05) is 23.9 Å². The molecule has 0 aliphatic carbocycles. The summed E-state index contributed by atoms with van der Waals surface area (Å²) in [4.78, 5) is 24.0. The molecule has 1 atom stereocenters. The van der Waals surface area contributed by atoms with Crippen LogP contribution in [-0.4, -0.2) is 46.2 Å².